The van der Waals surface area contributed by atoms with Crippen LogP contribution in [0.2, 0.25) is 0 Å². The van der Waals surface area contributed by atoms with Crippen LogP contribution in [0.4, 0.5) is 11.8 Å². The topological polar surface area (TPSA) is 213 Å². The number of hydrogen-bond acceptors (Lipinski definition) is 13. The van der Waals surface area contributed by atoms with E-state index in [0.717, 1.165) is 17.3 Å². The number of ether oxygens (including phenoxy) is 1. The summed E-state index contributed by atoms with van der Waals surface area (Å²) in [6.07, 6.45) is 1.23. The Morgan fingerprint density at radius 2 is 2.10 bits per heavy atom. The SMILES string of the molecule is C[C@H]1C[C@@H](COP(=O)(NCc2ccccc2)OCCSC(=O)C(C)(C)CO)O[C@@]1(C#N)c1cnc2c(N)nc(N)nn12. The number of nitrogens with zero attached hydrogens (tertiary/aromatic N) is 5. The number of nitrogens with two attached hydrogens (primary N) is 2. The number of imidazole rings is 1. The number of aromatic nitrogens is 4. The number of nitrogens with one attached hydrogen (secondary N) is 1. The van der Waals surface area contributed by atoms with Gasteiger partial charge in [-0.15, -0.1) is 5.10 Å². The van der Waals surface area contributed by atoms with Crippen molar-refractivity contribution in [2.24, 2.45) is 11.3 Å². The number of aliphatic hydroxyl groups excluding tert-OH is 1. The van der Waals surface area contributed by atoms with E-state index in [2.05, 4.69) is 26.2 Å². The average molecular weight is 619 g/mol. The van der Waals surface area contributed by atoms with Crippen molar-refractivity contribution in [3.8, 4) is 6.07 Å². The lowest BCUT2D eigenvalue weighted by Gasteiger charge is -2.25. The highest BCUT2D eigenvalue weighted by atomic mass is 32.2. The Labute approximate surface area is 247 Å². The molecular formula is C26H35N8O6PS. The van der Waals surface area contributed by atoms with Crippen LogP contribution in [0.25, 0.3) is 5.65 Å². The van der Waals surface area contributed by atoms with Crippen LogP contribution in [0.5, 0.6) is 0 Å². The standard InChI is InChI=1S/C26H35N8O6PS/c1-17-11-19(40-26(17,15-27)20-13-30-22-21(28)32-24(29)33-34(20)22)14-39-41(37,31-12-18-7-5-4-6-8-18)38-9-10-42-23(36)25(2,3)16-35/h4-8,13,17,19,35H,9-12,14,16H2,1-3H3,(H,31,37)(H4,28,29,32,33)/t17-,19-,26+,41?/m0/s1. The smallest absolute Gasteiger partial charge is 0.395 e. The molecule has 42 heavy (non-hydrogen) atoms. The van der Waals surface area contributed by atoms with E-state index in [9.17, 15) is 19.7 Å². The van der Waals surface area contributed by atoms with Gasteiger partial charge in [0, 0.05) is 18.2 Å². The van der Waals surface area contributed by atoms with Gasteiger partial charge < -0.3 is 21.3 Å². The first-order valence-corrected chi connectivity index (χ1v) is 15.8. The third-order valence-electron chi connectivity index (χ3n) is 6.89. The molecule has 4 atom stereocenters. The maximum absolute atomic E-state index is 13.8. The Morgan fingerprint density at radius 3 is 2.79 bits per heavy atom. The molecule has 1 aliphatic heterocycles. The van der Waals surface area contributed by atoms with Gasteiger partial charge in [0.05, 0.1) is 37.5 Å². The highest BCUT2D eigenvalue weighted by Gasteiger charge is 2.51. The van der Waals surface area contributed by atoms with Gasteiger partial charge >= 0.3 is 7.75 Å². The molecule has 16 heteroatoms. The summed E-state index contributed by atoms with van der Waals surface area (Å²) in [5, 5.41) is 26.5. The Kier molecular flexibility index (Phi) is 9.89. The number of aliphatic hydroxyl groups is 1. The van der Waals surface area contributed by atoms with Gasteiger partial charge in [-0.1, -0.05) is 49.0 Å². The predicted molar refractivity (Wildman–Crippen MR) is 157 cm³/mol. The van der Waals surface area contributed by atoms with Gasteiger partial charge in [-0.25, -0.2) is 19.2 Å². The molecule has 0 bridgehead atoms. The number of anilines is 2. The fourth-order valence-corrected chi connectivity index (χ4v) is 6.67. The minimum Gasteiger partial charge on any atom is -0.395 e. The maximum atomic E-state index is 13.8. The van der Waals surface area contributed by atoms with Crippen LogP contribution in [-0.2, 0) is 35.3 Å². The van der Waals surface area contributed by atoms with Crippen molar-refractivity contribution in [3.63, 3.8) is 0 Å². The molecule has 0 saturated carbocycles. The second-order valence-electron chi connectivity index (χ2n) is 10.6. The quantitative estimate of drug-likeness (QED) is 0.160. The number of benzene rings is 1. The first-order chi connectivity index (χ1) is 19.9. The Balaban J connectivity index is 1.46. The summed E-state index contributed by atoms with van der Waals surface area (Å²) in [7, 11) is -3.89. The molecule has 0 aliphatic carbocycles. The van der Waals surface area contributed by atoms with Crippen LogP contribution >= 0.6 is 19.5 Å². The Hall–Kier alpha value is -3.09. The van der Waals surface area contributed by atoms with Crippen LogP contribution in [0.1, 0.15) is 38.4 Å². The number of nitrogen functional groups attached to an aromatic ring is 2. The van der Waals surface area contributed by atoms with E-state index >= 15 is 0 Å². The molecule has 3 aromatic rings. The van der Waals surface area contributed by atoms with Crippen LogP contribution in [0.15, 0.2) is 36.5 Å². The highest BCUT2D eigenvalue weighted by Crippen LogP contribution is 2.48. The summed E-state index contributed by atoms with van der Waals surface area (Å²) in [4.78, 5) is 20.5. The number of fused-ring (bicyclic) bond motifs is 1. The van der Waals surface area contributed by atoms with Gasteiger partial charge in [0.15, 0.2) is 16.6 Å². The molecular weight excluding hydrogens is 583 g/mol. The van der Waals surface area contributed by atoms with E-state index < -0.39 is 24.9 Å². The number of rotatable bonds is 13. The van der Waals surface area contributed by atoms with E-state index in [1.54, 1.807) is 13.8 Å². The Bertz CT molecular complexity index is 1500. The number of carbonyl (C=O) groups is 1. The fraction of sp³-hybridized carbons (Fsp3) is 0.500. The minimum absolute atomic E-state index is 0.0502. The van der Waals surface area contributed by atoms with Crippen molar-refractivity contribution in [2.75, 3.05) is 37.0 Å². The molecule has 2 aromatic heterocycles. The third-order valence-corrected chi connectivity index (χ3v) is 9.63. The number of carbonyl (C=O) groups excluding carboxylic acids is 1. The lowest BCUT2D eigenvalue weighted by Crippen LogP contribution is -2.32. The predicted octanol–water partition coefficient (Wildman–Crippen LogP) is 2.64. The van der Waals surface area contributed by atoms with E-state index in [-0.39, 0.29) is 60.6 Å². The van der Waals surface area contributed by atoms with Crippen LogP contribution < -0.4 is 16.6 Å². The molecule has 1 aromatic carbocycles. The number of nitriles is 1. The van der Waals surface area contributed by atoms with Gasteiger partial charge in [0.2, 0.25) is 11.5 Å². The number of thioether (sulfide) groups is 1. The minimum atomic E-state index is -3.89. The summed E-state index contributed by atoms with van der Waals surface area (Å²) < 4.78 is 32.9. The molecule has 1 saturated heterocycles. The summed E-state index contributed by atoms with van der Waals surface area (Å²) in [6, 6.07) is 11.6. The van der Waals surface area contributed by atoms with Gasteiger partial charge in [0.1, 0.15) is 11.8 Å². The molecule has 1 aliphatic rings. The molecule has 1 unspecified atom stereocenters. The lowest BCUT2D eigenvalue weighted by atomic mass is 9.87. The van der Waals surface area contributed by atoms with Crippen LogP contribution in [0, 0.1) is 22.7 Å². The van der Waals surface area contributed by atoms with Gasteiger partial charge in [0.25, 0.3) is 0 Å². The largest absolute Gasteiger partial charge is 0.405 e. The van der Waals surface area contributed by atoms with E-state index in [1.165, 1.54) is 10.7 Å². The van der Waals surface area contributed by atoms with E-state index in [4.69, 9.17) is 25.3 Å². The molecule has 3 heterocycles. The van der Waals surface area contributed by atoms with Crippen molar-refractivity contribution in [2.45, 2.75) is 45.4 Å². The monoisotopic (exact) mass is 618 g/mol. The third kappa shape index (κ3) is 6.92. The molecule has 0 amide bonds. The summed E-state index contributed by atoms with van der Waals surface area (Å²) in [5.41, 5.74) is 10.8. The molecule has 0 radical (unpaired) electrons. The van der Waals surface area contributed by atoms with Crippen LogP contribution in [-0.4, -0.2) is 61.5 Å². The Morgan fingerprint density at radius 1 is 1.36 bits per heavy atom. The second kappa shape index (κ2) is 13.0. The highest BCUT2D eigenvalue weighted by molar-refractivity contribution is 8.13. The molecule has 14 nitrogen and oxygen atoms in total. The maximum Gasteiger partial charge on any atom is 0.405 e. The zero-order chi connectivity index (χ0) is 30.5. The van der Waals surface area contributed by atoms with Crippen LogP contribution in [0.3, 0.4) is 0 Å². The van der Waals surface area contributed by atoms with Crippen molar-refractivity contribution in [1.29, 1.82) is 5.26 Å². The van der Waals surface area contributed by atoms with Gasteiger partial charge in [-0.3, -0.25) is 13.8 Å². The fourth-order valence-electron chi connectivity index (χ4n) is 4.41. The second-order valence-corrected chi connectivity index (χ2v) is 13.5. The zero-order valence-electron chi connectivity index (χ0n) is 23.6. The molecule has 4 rings (SSSR count). The summed E-state index contributed by atoms with van der Waals surface area (Å²) >= 11 is 0.985. The van der Waals surface area contributed by atoms with E-state index in [1.807, 2.05) is 37.3 Å². The lowest BCUT2D eigenvalue weighted by molar-refractivity contribution is -0.119. The van der Waals surface area contributed by atoms with Gasteiger partial charge in [-0.05, 0) is 25.8 Å². The molecule has 226 valence electrons. The van der Waals surface area contributed by atoms with Crippen molar-refractivity contribution >= 4 is 42.0 Å². The summed E-state index contributed by atoms with van der Waals surface area (Å²) in [5.74, 6) is -0.141. The van der Waals surface area contributed by atoms with Crippen molar-refractivity contribution in [1.82, 2.24) is 24.7 Å². The molecule has 0 spiro atoms. The van der Waals surface area contributed by atoms with Gasteiger partial charge in [-0.2, -0.15) is 10.2 Å². The summed E-state index contributed by atoms with van der Waals surface area (Å²) in [6.45, 7) is 4.86. The number of hydrogen-bond donors (Lipinski definition) is 4. The zero-order valence-corrected chi connectivity index (χ0v) is 25.3. The molecule has 1 fully saturated rings. The average Bonchev–Trinajstić information content (AvgIpc) is 3.55. The van der Waals surface area contributed by atoms with Crippen molar-refractivity contribution < 1.29 is 28.3 Å². The first kappa shape index (κ1) is 31.8. The normalized spacial score (nSPS) is 22.2. The van der Waals surface area contributed by atoms with E-state index in [0.29, 0.717) is 12.1 Å². The molecule has 6 N–H and O–H groups in total. The first-order valence-electron chi connectivity index (χ1n) is 13.3. The van der Waals surface area contributed by atoms with Crippen molar-refractivity contribution in [3.05, 3.63) is 47.8 Å².